The van der Waals surface area contributed by atoms with Crippen LogP contribution in [-0.4, -0.2) is 59.4 Å². The van der Waals surface area contributed by atoms with Gasteiger partial charge in [0, 0.05) is 44.1 Å². The van der Waals surface area contributed by atoms with Gasteiger partial charge in [-0.15, -0.1) is 0 Å². The van der Waals surface area contributed by atoms with Crippen LogP contribution in [0.25, 0.3) is 0 Å². The highest BCUT2D eigenvalue weighted by atomic mass is 16.5. The number of benzene rings is 1. The number of fused-ring (bicyclic) bond motifs is 1. The molecule has 3 heterocycles. The zero-order chi connectivity index (χ0) is 17.9. The third-order valence-corrected chi connectivity index (χ3v) is 5.07. The summed E-state index contributed by atoms with van der Waals surface area (Å²) in [5.74, 6) is 0.952. The Morgan fingerprint density at radius 3 is 2.42 bits per heavy atom. The Balaban J connectivity index is 1.44. The maximum atomic E-state index is 12.9. The summed E-state index contributed by atoms with van der Waals surface area (Å²) >= 11 is 0. The number of nitrogens with one attached hydrogen (secondary N) is 1. The number of H-pyrrole nitrogens is 1. The van der Waals surface area contributed by atoms with Crippen molar-refractivity contribution in [1.82, 2.24) is 14.8 Å². The molecular formula is C20H23N3O3. The van der Waals surface area contributed by atoms with E-state index in [9.17, 15) is 9.59 Å². The molecule has 0 unspecified atom stereocenters. The number of nitrogens with zero attached hydrogens (tertiary/aromatic N) is 2. The minimum absolute atomic E-state index is 0.0199. The molecule has 26 heavy (non-hydrogen) atoms. The molecule has 0 saturated carbocycles. The fourth-order valence-electron chi connectivity index (χ4n) is 3.64. The van der Waals surface area contributed by atoms with Crippen LogP contribution in [-0.2, 0) is 6.42 Å². The van der Waals surface area contributed by atoms with Gasteiger partial charge in [-0.25, -0.2) is 0 Å². The highest BCUT2D eigenvalue weighted by Gasteiger charge is 2.24. The Morgan fingerprint density at radius 2 is 1.69 bits per heavy atom. The maximum Gasteiger partial charge on any atom is 0.255 e. The highest BCUT2D eigenvalue weighted by Crippen LogP contribution is 2.26. The molecule has 2 amide bonds. The van der Waals surface area contributed by atoms with Crippen LogP contribution in [0.5, 0.6) is 5.75 Å². The summed E-state index contributed by atoms with van der Waals surface area (Å²) in [4.78, 5) is 32.0. The quantitative estimate of drug-likeness (QED) is 0.901. The molecule has 1 fully saturated rings. The predicted molar refractivity (Wildman–Crippen MR) is 97.5 cm³/mol. The second kappa shape index (κ2) is 7.23. The van der Waals surface area contributed by atoms with E-state index in [1.54, 1.807) is 18.5 Å². The molecule has 1 N–H and O–H groups in total. The van der Waals surface area contributed by atoms with Gasteiger partial charge in [0.2, 0.25) is 0 Å². The molecule has 4 rings (SSSR count). The van der Waals surface area contributed by atoms with Crippen LogP contribution in [0.4, 0.5) is 0 Å². The number of aryl methyl sites for hydroxylation is 1. The van der Waals surface area contributed by atoms with Gasteiger partial charge >= 0.3 is 0 Å². The topological polar surface area (TPSA) is 65.6 Å². The Hall–Kier alpha value is -2.76. The number of hydrogen-bond donors (Lipinski definition) is 1. The summed E-state index contributed by atoms with van der Waals surface area (Å²) in [7, 11) is 0. The van der Waals surface area contributed by atoms with Gasteiger partial charge in [-0.1, -0.05) is 0 Å². The van der Waals surface area contributed by atoms with Crippen molar-refractivity contribution in [3.63, 3.8) is 0 Å². The second-order valence-electron chi connectivity index (χ2n) is 6.81. The molecule has 0 spiro atoms. The molecule has 1 aromatic heterocycles. The molecule has 2 aliphatic rings. The first-order valence-electron chi connectivity index (χ1n) is 9.19. The van der Waals surface area contributed by atoms with Crippen molar-refractivity contribution < 1.29 is 14.3 Å². The molecule has 0 atom stereocenters. The van der Waals surface area contributed by atoms with E-state index in [4.69, 9.17) is 4.74 Å². The Morgan fingerprint density at radius 1 is 0.923 bits per heavy atom. The van der Waals surface area contributed by atoms with Gasteiger partial charge in [-0.3, -0.25) is 9.59 Å². The lowest BCUT2D eigenvalue weighted by atomic mass is 10.0. The number of hydrogen-bond acceptors (Lipinski definition) is 3. The third kappa shape index (κ3) is 3.31. The second-order valence-corrected chi connectivity index (χ2v) is 6.81. The number of ether oxygens (including phenoxy) is 1. The summed E-state index contributed by atoms with van der Waals surface area (Å²) in [6, 6.07) is 7.50. The molecule has 136 valence electrons. The van der Waals surface area contributed by atoms with E-state index in [1.807, 2.05) is 28.0 Å². The average molecular weight is 353 g/mol. The van der Waals surface area contributed by atoms with Crippen molar-refractivity contribution in [2.24, 2.45) is 0 Å². The van der Waals surface area contributed by atoms with E-state index in [1.165, 1.54) is 0 Å². The van der Waals surface area contributed by atoms with Crippen LogP contribution in [0.2, 0.25) is 0 Å². The van der Waals surface area contributed by atoms with Gasteiger partial charge in [0.15, 0.2) is 0 Å². The zero-order valence-corrected chi connectivity index (χ0v) is 14.7. The van der Waals surface area contributed by atoms with Gasteiger partial charge in [0.05, 0.1) is 12.2 Å². The lowest BCUT2D eigenvalue weighted by molar-refractivity contribution is 0.0718. The largest absolute Gasteiger partial charge is 0.493 e. The third-order valence-electron chi connectivity index (χ3n) is 5.07. The number of rotatable bonds is 2. The first kappa shape index (κ1) is 16.7. The SMILES string of the molecule is O=C(c1cc[nH]c1)N1CCCN(C(=O)c2ccc3c(c2)CCCO3)CC1. The lowest BCUT2D eigenvalue weighted by Crippen LogP contribution is -2.37. The summed E-state index contributed by atoms with van der Waals surface area (Å²) in [6.45, 7) is 3.21. The Labute approximate surface area is 152 Å². The number of aromatic nitrogens is 1. The maximum absolute atomic E-state index is 12.9. The number of amides is 2. The van der Waals surface area contributed by atoms with Crippen molar-refractivity contribution in [1.29, 1.82) is 0 Å². The van der Waals surface area contributed by atoms with Crippen LogP contribution in [0.3, 0.4) is 0 Å². The standard InChI is InChI=1S/C20H23N3O3/c24-19(16-4-5-18-15(13-16)3-1-12-26-18)22-8-2-9-23(11-10-22)20(25)17-6-7-21-14-17/h4-7,13-14,21H,1-3,8-12H2. The van der Waals surface area contributed by atoms with E-state index < -0.39 is 0 Å². The van der Waals surface area contributed by atoms with Crippen LogP contribution >= 0.6 is 0 Å². The summed E-state index contributed by atoms with van der Waals surface area (Å²) in [5.41, 5.74) is 2.49. The minimum Gasteiger partial charge on any atom is -0.493 e. The monoisotopic (exact) mass is 353 g/mol. The van der Waals surface area contributed by atoms with Gasteiger partial charge in [0.1, 0.15) is 5.75 Å². The Kier molecular flexibility index (Phi) is 4.65. The van der Waals surface area contributed by atoms with E-state index in [-0.39, 0.29) is 11.8 Å². The first-order chi connectivity index (χ1) is 12.7. The molecule has 2 aromatic rings. The fraction of sp³-hybridized carbons (Fsp3) is 0.400. The van der Waals surface area contributed by atoms with Gasteiger partial charge in [0.25, 0.3) is 11.8 Å². The minimum atomic E-state index is 0.0199. The van der Waals surface area contributed by atoms with E-state index in [0.717, 1.165) is 37.2 Å². The van der Waals surface area contributed by atoms with Crippen LogP contribution < -0.4 is 4.74 Å². The van der Waals surface area contributed by atoms with Crippen LogP contribution in [0.15, 0.2) is 36.7 Å². The lowest BCUT2D eigenvalue weighted by Gasteiger charge is -2.23. The average Bonchev–Trinajstić information content (AvgIpc) is 3.11. The molecular weight excluding hydrogens is 330 g/mol. The summed E-state index contributed by atoms with van der Waals surface area (Å²) in [5, 5.41) is 0. The molecule has 2 aliphatic heterocycles. The molecule has 0 bridgehead atoms. The molecule has 6 nitrogen and oxygen atoms in total. The smallest absolute Gasteiger partial charge is 0.255 e. The van der Waals surface area contributed by atoms with Gasteiger partial charge in [-0.05, 0) is 49.1 Å². The summed E-state index contributed by atoms with van der Waals surface area (Å²) < 4.78 is 5.63. The molecule has 0 aliphatic carbocycles. The number of carbonyl (C=O) groups excluding carboxylic acids is 2. The zero-order valence-electron chi connectivity index (χ0n) is 14.7. The van der Waals surface area contributed by atoms with Gasteiger partial charge < -0.3 is 19.5 Å². The molecule has 1 aromatic carbocycles. The summed E-state index contributed by atoms with van der Waals surface area (Å²) in [6.07, 6.45) is 6.20. The highest BCUT2D eigenvalue weighted by molar-refractivity contribution is 5.95. The van der Waals surface area contributed by atoms with Crippen molar-refractivity contribution in [2.45, 2.75) is 19.3 Å². The van der Waals surface area contributed by atoms with E-state index >= 15 is 0 Å². The van der Waals surface area contributed by atoms with Crippen molar-refractivity contribution in [3.05, 3.63) is 53.3 Å². The number of carbonyl (C=O) groups is 2. The Bertz CT molecular complexity index is 801. The van der Waals surface area contributed by atoms with Crippen LogP contribution in [0.1, 0.15) is 39.1 Å². The van der Waals surface area contributed by atoms with E-state index in [0.29, 0.717) is 37.3 Å². The normalized spacial score (nSPS) is 17.2. The van der Waals surface area contributed by atoms with E-state index in [2.05, 4.69) is 4.98 Å². The van der Waals surface area contributed by atoms with Crippen molar-refractivity contribution >= 4 is 11.8 Å². The fourth-order valence-corrected chi connectivity index (χ4v) is 3.64. The van der Waals surface area contributed by atoms with Crippen LogP contribution in [0, 0.1) is 0 Å². The molecule has 0 radical (unpaired) electrons. The number of aromatic amines is 1. The van der Waals surface area contributed by atoms with Crippen molar-refractivity contribution in [2.75, 3.05) is 32.8 Å². The molecule has 1 saturated heterocycles. The van der Waals surface area contributed by atoms with Gasteiger partial charge in [-0.2, -0.15) is 0 Å². The van der Waals surface area contributed by atoms with Crippen molar-refractivity contribution in [3.8, 4) is 5.75 Å². The molecule has 6 heteroatoms. The predicted octanol–water partition coefficient (Wildman–Crippen LogP) is 2.33. The first-order valence-corrected chi connectivity index (χ1v) is 9.19.